The Morgan fingerprint density at radius 1 is 1.21 bits per heavy atom. The Kier molecular flexibility index (Phi) is 3.95. The SMILES string of the molecule is CC(C)CNCc1nc2ccccc2n1C(C)(C)C. The number of aromatic nitrogens is 2. The van der Waals surface area contributed by atoms with Gasteiger partial charge in [-0.3, -0.25) is 0 Å². The number of fused-ring (bicyclic) bond motifs is 1. The maximum absolute atomic E-state index is 4.78. The van der Waals surface area contributed by atoms with E-state index in [4.69, 9.17) is 4.98 Å². The van der Waals surface area contributed by atoms with E-state index in [0.717, 1.165) is 24.4 Å². The van der Waals surface area contributed by atoms with E-state index in [1.165, 1.54) is 5.52 Å². The van der Waals surface area contributed by atoms with Crippen molar-refractivity contribution in [1.82, 2.24) is 14.9 Å². The van der Waals surface area contributed by atoms with Crippen molar-refractivity contribution in [2.24, 2.45) is 5.92 Å². The van der Waals surface area contributed by atoms with Gasteiger partial charge in [-0.25, -0.2) is 4.98 Å². The minimum Gasteiger partial charge on any atom is -0.322 e. The van der Waals surface area contributed by atoms with Crippen molar-refractivity contribution in [3.8, 4) is 0 Å². The molecule has 2 aromatic rings. The first-order valence-electron chi connectivity index (χ1n) is 7.07. The molecule has 1 aromatic heterocycles. The standard InChI is InChI=1S/C16H25N3/c1-12(2)10-17-11-15-18-13-8-6-7-9-14(13)19(15)16(3,4)5/h6-9,12,17H,10-11H2,1-5H3. The highest BCUT2D eigenvalue weighted by atomic mass is 15.2. The van der Waals surface area contributed by atoms with Crippen molar-refractivity contribution < 1.29 is 0 Å². The van der Waals surface area contributed by atoms with Gasteiger partial charge in [-0.05, 0) is 45.4 Å². The van der Waals surface area contributed by atoms with Gasteiger partial charge in [0.15, 0.2) is 0 Å². The van der Waals surface area contributed by atoms with E-state index in [1.54, 1.807) is 0 Å². The molecule has 1 heterocycles. The molecule has 0 aliphatic carbocycles. The molecule has 0 aliphatic rings. The molecule has 1 N–H and O–H groups in total. The molecule has 0 bridgehead atoms. The van der Waals surface area contributed by atoms with Gasteiger partial charge in [0, 0.05) is 5.54 Å². The molecule has 19 heavy (non-hydrogen) atoms. The van der Waals surface area contributed by atoms with Gasteiger partial charge in [-0.15, -0.1) is 0 Å². The lowest BCUT2D eigenvalue weighted by Gasteiger charge is -2.25. The largest absolute Gasteiger partial charge is 0.322 e. The monoisotopic (exact) mass is 259 g/mol. The Labute approximate surface area is 116 Å². The fraction of sp³-hybridized carbons (Fsp3) is 0.562. The summed E-state index contributed by atoms with van der Waals surface area (Å²) in [5, 5.41) is 3.49. The third kappa shape index (κ3) is 3.16. The van der Waals surface area contributed by atoms with Crippen molar-refractivity contribution in [2.45, 2.75) is 46.7 Å². The molecule has 0 saturated heterocycles. The molecule has 3 heteroatoms. The van der Waals surface area contributed by atoms with Crippen molar-refractivity contribution >= 4 is 11.0 Å². The summed E-state index contributed by atoms with van der Waals surface area (Å²) >= 11 is 0. The maximum atomic E-state index is 4.78. The summed E-state index contributed by atoms with van der Waals surface area (Å²) < 4.78 is 2.34. The maximum Gasteiger partial charge on any atom is 0.124 e. The first-order chi connectivity index (χ1) is 8.89. The summed E-state index contributed by atoms with van der Waals surface area (Å²) in [7, 11) is 0. The van der Waals surface area contributed by atoms with Gasteiger partial charge in [-0.2, -0.15) is 0 Å². The van der Waals surface area contributed by atoms with Crippen LogP contribution in [-0.4, -0.2) is 16.1 Å². The van der Waals surface area contributed by atoms with Crippen molar-refractivity contribution in [2.75, 3.05) is 6.54 Å². The van der Waals surface area contributed by atoms with Crippen LogP contribution in [-0.2, 0) is 12.1 Å². The molecule has 1 aromatic carbocycles. The van der Waals surface area contributed by atoms with E-state index in [-0.39, 0.29) is 5.54 Å². The zero-order valence-electron chi connectivity index (χ0n) is 12.7. The number of nitrogens with zero attached hydrogens (tertiary/aromatic N) is 2. The van der Waals surface area contributed by atoms with Crippen LogP contribution in [0, 0.1) is 5.92 Å². The lowest BCUT2D eigenvalue weighted by atomic mass is 10.1. The molecule has 0 fully saturated rings. The summed E-state index contributed by atoms with van der Waals surface area (Å²) in [5.74, 6) is 1.78. The Balaban J connectivity index is 2.36. The second kappa shape index (κ2) is 5.33. The van der Waals surface area contributed by atoms with Crippen molar-refractivity contribution in [3.05, 3.63) is 30.1 Å². The zero-order valence-corrected chi connectivity index (χ0v) is 12.7. The van der Waals surface area contributed by atoms with Gasteiger partial charge < -0.3 is 9.88 Å². The second-order valence-electron chi connectivity index (χ2n) is 6.55. The normalized spacial score (nSPS) is 12.5. The Morgan fingerprint density at radius 3 is 2.53 bits per heavy atom. The minimum absolute atomic E-state index is 0.0466. The Bertz CT molecular complexity index is 547. The van der Waals surface area contributed by atoms with Gasteiger partial charge >= 0.3 is 0 Å². The lowest BCUT2D eigenvalue weighted by Crippen LogP contribution is -2.28. The summed E-state index contributed by atoms with van der Waals surface area (Å²) in [4.78, 5) is 4.78. The third-order valence-corrected chi connectivity index (χ3v) is 3.14. The van der Waals surface area contributed by atoms with Crippen LogP contribution in [0.4, 0.5) is 0 Å². The van der Waals surface area contributed by atoms with Crippen molar-refractivity contribution in [1.29, 1.82) is 0 Å². The van der Waals surface area contributed by atoms with E-state index in [2.05, 4.69) is 62.7 Å². The van der Waals surface area contributed by atoms with E-state index in [9.17, 15) is 0 Å². The number of imidazole rings is 1. The summed E-state index contributed by atoms with van der Waals surface area (Å²) in [6.07, 6.45) is 0. The van der Waals surface area contributed by atoms with Crippen LogP contribution < -0.4 is 5.32 Å². The van der Waals surface area contributed by atoms with Crippen LogP contribution >= 0.6 is 0 Å². The molecule has 0 saturated carbocycles. The predicted molar refractivity (Wildman–Crippen MR) is 81.3 cm³/mol. The highest BCUT2D eigenvalue weighted by Gasteiger charge is 2.20. The van der Waals surface area contributed by atoms with Gasteiger partial charge in [0.25, 0.3) is 0 Å². The van der Waals surface area contributed by atoms with E-state index in [0.29, 0.717) is 5.92 Å². The molecular formula is C16H25N3. The minimum atomic E-state index is 0.0466. The van der Waals surface area contributed by atoms with Crippen LogP contribution in [0.5, 0.6) is 0 Å². The van der Waals surface area contributed by atoms with Gasteiger partial charge in [0.2, 0.25) is 0 Å². The Hall–Kier alpha value is -1.35. The highest BCUT2D eigenvalue weighted by Crippen LogP contribution is 2.24. The first-order valence-corrected chi connectivity index (χ1v) is 7.07. The molecule has 104 valence electrons. The average Bonchev–Trinajstić information content (AvgIpc) is 2.66. The molecule has 0 atom stereocenters. The first kappa shape index (κ1) is 14.1. The number of para-hydroxylation sites is 2. The number of rotatable bonds is 4. The van der Waals surface area contributed by atoms with Crippen LogP contribution in [0.3, 0.4) is 0 Å². The predicted octanol–water partition coefficient (Wildman–Crippen LogP) is 3.54. The molecule has 0 unspecified atom stereocenters. The second-order valence-corrected chi connectivity index (χ2v) is 6.55. The number of nitrogens with one attached hydrogen (secondary N) is 1. The van der Waals surface area contributed by atoms with Crippen LogP contribution in [0.2, 0.25) is 0 Å². The molecule has 0 spiro atoms. The number of benzene rings is 1. The summed E-state index contributed by atoms with van der Waals surface area (Å²) in [6.45, 7) is 13.0. The van der Waals surface area contributed by atoms with E-state index < -0.39 is 0 Å². The van der Waals surface area contributed by atoms with Gasteiger partial charge in [-0.1, -0.05) is 26.0 Å². The molecule has 3 nitrogen and oxygen atoms in total. The fourth-order valence-electron chi connectivity index (χ4n) is 2.42. The van der Waals surface area contributed by atoms with E-state index >= 15 is 0 Å². The lowest BCUT2D eigenvalue weighted by molar-refractivity contribution is 0.387. The average molecular weight is 259 g/mol. The summed E-state index contributed by atoms with van der Waals surface area (Å²) in [5.41, 5.74) is 2.35. The van der Waals surface area contributed by atoms with E-state index in [1.807, 2.05) is 6.07 Å². The third-order valence-electron chi connectivity index (χ3n) is 3.14. The Morgan fingerprint density at radius 2 is 1.89 bits per heavy atom. The topological polar surface area (TPSA) is 29.9 Å². The summed E-state index contributed by atoms with van der Waals surface area (Å²) in [6, 6.07) is 8.37. The fourth-order valence-corrected chi connectivity index (χ4v) is 2.42. The van der Waals surface area contributed by atoms with Gasteiger partial charge in [0.1, 0.15) is 5.82 Å². The van der Waals surface area contributed by atoms with Crippen LogP contribution in [0.15, 0.2) is 24.3 Å². The molecule has 0 radical (unpaired) electrons. The smallest absolute Gasteiger partial charge is 0.124 e. The van der Waals surface area contributed by atoms with Crippen molar-refractivity contribution in [3.63, 3.8) is 0 Å². The molecule has 0 amide bonds. The number of hydrogen-bond donors (Lipinski definition) is 1. The highest BCUT2D eigenvalue weighted by molar-refractivity contribution is 5.76. The molecular weight excluding hydrogens is 234 g/mol. The number of hydrogen-bond acceptors (Lipinski definition) is 2. The molecule has 2 rings (SSSR count). The molecule has 0 aliphatic heterocycles. The van der Waals surface area contributed by atoms with Crippen LogP contribution in [0.1, 0.15) is 40.4 Å². The van der Waals surface area contributed by atoms with Gasteiger partial charge in [0.05, 0.1) is 17.6 Å². The quantitative estimate of drug-likeness (QED) is 0.910. The van der Waals surface area contributed by atoms with Crippen LogP contribution in [0.25, 0.3) is 11.0 Å². The zero-order chi connectivity index (χ0) is 14.0.